The second-order valence-electron chi connectivity index (χ2n) is 3.34. The summed E-state index contributed by atoms with van der Waals surface area (Å²) < 4.78 is 47.0. The quantitative estimate of drug-likeness (QED) is 0.774. The van der Waals surface area contributed by atoms with Crippen LogP contribution in [0.5, 0.6) is 5.75 Å². The molecule has 0 N–H and O–H groups in total. The highest BCUT2D eigenvalue weighted by Gasteiger charge is 2.35. The fourth-order valence-electron chi connectivity index (χ4n) is 1.43. The molecule has 2 rings (SSSR count). The van der Waals surface area contributed by atoms with Crippen LogP contribution in [0.4, 0.5) is 13.2 Å². The first-order valence-electron chi connectivity index (χ1n) is 4.60. The minimum Gasteiger partial charge on any atom is -0.497 e. The normalized spacial score (nSPS) is 11.8. The molecule has 0 aliphatic carbocycles. The predicted molar refractivity (Wildman–Crippen MR) is 54.0 cm³/mol. The summed E-state index contributed by atoms with van der Waals surface area (Å²) in [5.74, 6) is 0.403. The monoisotopic (exact) mass is 244 g/mol. The smallest absolute Gasteiger partial charge is 0.423 e. The van der Waals surface area contributed by atoms with Crippen LogP contribution in [-0.4, -0.2) is 7.11 Å². The maximum atomic E-state index is 12.4. The second-order valence-corrected chi connectivity index (χ2v) is 3.34. The van der Waals surface area contributed by atoms with Crippen molar-refractivity contribution in [1.29, 1.82) is 0 Å². The van der Waals surface area contributed by atoms with Gasteiger partial charge < -0.3 is 9.15 Å². The highest BCUT2D eigenvalue weighted by atomic mass is 19.4. The molecule has 0 bridgehead atoms. The van der Waals surface area contributed by atoms with Gasteiger partial charge in [0.15, 0.2) is 0 Å². The van der Waals surface area contributed by atoms with Gasteiger partial charge in [-0.05, 0) is 12.1 Å². The molecule has 0 fully saturated rings. The van der Waals surface area contributed by atoms with Crippen LogP contribution in [0.25, 0.3) is 11.0 Å². The molecule has 90 valence electrons. The summed E-state index contributed by atoms with van der Waals surface area (Å²) in [7, 11) is 1.41. The molecule has 0 aliphatic heterocycles. The molecular formula is C11H7F3O3. The van der Waals surface area contributed by atoms with Crippen molar-refractivity contribution in [2.24, 2.45) is 0 Å². The first-order valence-corrected chi connectivity index (χ1v) is 4.60. The first kappa shape index (κ1) is 11.5. The van der Waals surface area contributed by atoms with E-state index in [0.717, 1.165) is 0 Å². The molecule has 0 atom stereocenters. The maximum Gasteiger partial charge on any atom is 0.423 e. The van der Waals surface area contributed by atoms with Crippen LogP contribution in [-0.2, 0) is 6.18 Å². The summed E-state index contributed by atoms with van der Waals surface area (Å²) in [6, 6.07) is 4.01. The SMILES string of the molecule is COc1ccc2c(=O)c(C(F)(F)F)coc2c1. The van der Waals surface area contributed by atoms with Crippen LogP contribution in [0.1, 0.15) is 5.56 Å². The number of halogens is 3. The molecular weight excluding hydrogens is 237 g/mol. The molecule has 1 heterocycles. The van der Waals surface area contributed by atoms with Gasteiger partial charge in [0.2, 0.25) is 5.43 Å². The minimum absolute atomic E-state index is 0.0577. The number of benzene rings is 1. The van der Waals surface area contributed by atoms with Crippen LogP contribution >= 0.6 is 0 Å². The Labute approximate surface area is 93.4 Å². The van der Waals surface area contributed by atoms with E-state index in [1.165, 1.54) is 25.3 Å². The first-order chi connectivity index (χ1) is 7.93. The molecule has 0 amide bonds. The van der Waals surface area contributed by atoms with E-state index >= 15 is 0 Å². The number of ether oxygens (including phenoxy) is 1. The molecule has 6 heteroatoms. The summed E-state index contributed by atoms with van der Waals surface area (Å²) in [4.78, 5) is 11.6. The fraction of sp³-hybridized carbons (Fsp3) is 0.182. The van der Waals surface area contributed by atoms with Crippen LogP contribution in [0.15, 0.2) is 33.7 Å². The van der Waals surface area contributed by atoms with Gasteiger partial charge in [-0.1, -0.05) is 0 Å². The van der Waals surface area contributed by atoms with Crippen LogP contribution in [0.3, 0.4) is 0 Å². The topological polar surface area (TPSA) is 39.4 Å². The van der Waals surface area contributed by atoms with Gasteiger partial charge in [0.05, 0.1) is 12.5 Å². The van der Waals surface area contributed by atoms with Gasteiger partial charge in [0.25, 0.3) is 0 Å². The zero-order chi connectivity index (χ0) is 12.6. The van der Waals surface area contributed by atoms with Crippen molar-refractivity contribution in [2.75, 3.05) is 7.11 Å². The van der Waals surface area contributed by atoms with Gasteiger partial charge in [-0.3, -0.25) is 4.79 Å². The summed E-state index contributed by atoms with van der Waals surface area (Å²) in [5.41, 5.74) is -2.35. The minimum atomic E-state index is -4.71. The summed E-state index contributed by atoms with van der Waals surface area (Å²) in [6.45, 7) is 0. The van der Waals surface area contributed by atoms with Gasteiger partial charge >= 0.3 is 6.18 Å². The number of methoxy groups -OCH3 is 1. The fourth-order valence-corrected chi connectivity index (χ4v) is 1.43. The van der Waals surface area contributed by atoms with Gasteiger partial charge in [0.1, 0.15) is 23.2 Å². The van der Waals surface area contributed by atoms with E-state index in [1.807, 2.05) is 0 Å². The zero-order valence-corrected chi connectivity index (χ0v) is 8.67. The van der Waals surface area contributed by atoms with Crippen molar-refractivity contribution in [3.05, 3.63) is 40.2 Å². The molecule has 0 unspecified atom stereocenters. The molecule has 0 spiro atoms. The summed E-state index contributed by atoms with van der Waals surface area (Å²) in [5, 5.41) is -0.124. The van der Waals surface area contributed by atoms with Crippen LogP contribution in [0.2, 0.25) is 0 Å². The lowest BCUT2D eigenvalue weighted by Crippen LogP contribution is -2.18. The third-order valence-corrected chi connectivity index (χ3v) is 2.29. The van der Waals surface area contributed by atoms with E-state index in [9.17, 15) is 18.0 Å². The van der Waals surface area contributed by atoms with E-state index in [4.69, 9.17) is 9.15 Å². The van der Waals surface area contributed by atoms with Crippen molar-refractivity contribution in [3.63, 3.8) is 0 Å². The second kappa shape index (κ2) is 3.80. The molecule has 0 radical (unpaired) electrons. The number of hydrogen-bond acceptors (Lipinski definition) is 3. The van der Waals surface area contributed by atoms with E-state index in [2.05, 4.69) is 0 Å². The van der Waals surface area contributed by atoms with Gasteiger partial charge in [-0.2, -0.15) is 13.2 Å². The number of rotatable bonds is 1. The third kappa shape index (κ3) is 1.98. The molecule has 17 heavy (non-hydrogen) atoms. The maximum absolute atomic E-state index is 12.4. The van der Waals surface area contributed by atoms with Crippen molar-refractivity contribution < 1.29 is 22.3 Å². The Morgan fingerprint density at radius 1 is 1.29 bits per heavy atom. The van der Waals surface area contributed by atoms with E-state index in [1.54, 1.807) is 0 Å². The van der Waals surface area contributed by atoms with Crippen molar-refractivity contribution in [1.82, 2.24) is 0 Å². The Bertz CT molecular complexity index is 613. The highest BCUT2D eigenvalue weighted by molar-refractivity contribution is 5.78. The molecule has 1 aromatic carbocycles. The molecule has 0 saturated carbocycles. The Kier molecular flexibility index (Phi) is 2.57. The Morgan fingerprint density at radius 2 is 2.00 bits per heavy atom. The van der Waals surface area contributed by atoms with Gasteiger partial charge in [0, 0.05) is 6.07 Å². The van der Waals surface area contributed by atoms with Crippen LogP contribution < -0.4 is 10.2 Å². The molecule has 2 aromatic rings. The standard InChI is InChI=1S/C11H7F3O3/c1-16-6-2-3-7-9(4-6)17-5-8(10(7)15)11(12,13)14/h2-5H,1H3. The molecule has 1 aromatic heterocycles. The predicted octanol–water partition coefficient (Wildman–Crippen LogP) is 2.82. The van der Waals surface area contributed by atoms with E-state index in [-0.39, 0.29) is 11.0 Å². The van der Waals surface area contributed by atoms with E-state index < -0.39 is 17.2 Å². The van der Waals surface area contributed by atoms with Gasteiger partial charge in [-0.25, -0.2) is 0 Å². The lowest BCUT2D eigenvalue weighted by atomic mass is 10.1. The van der Waals surface area contributed by atoms with Crippen molar-refractivity contribution in [3.8, 4) is 5.75 Å². The number of fused-ring (bicyclic) bond motifs is 1. The van der Waals surface area contributed by atoms with Crippen molar-refractivity contribution in [2.45, 2.75) is 6.18 Å². The summed E-state index contributed by atoms with van der Waals surface area (Å²) >= 11 is 0. The Balaban J connectivity index is 2.74. The zero-order valence-electron chi connectivity index (χ0n) is 8.67. The number of alkyl halides is 3. The van der Waals surface area contributed by atoms with E-state index in [0.29, 0.717) is 12.0 Å². The third-order valence-electron chi connectivity index (χ3n) is 2.29. The average Bonchev–Trinajstić information content (AvgIpc) is 2.27. The van der Waals surface area contributed by atoms with Gasteiger partial charge in [-0.15, -0.1) is 0 Å². The lowest BCUT2D eigenvalue weighted by Gasteiger charge is -2.06. The lowest BCUT2D eigenvalue weighted by molar-refractivity contribution is -0.139. The summed E-state index contributed by atoms with van der Waals surface area (Å²) in [6.07, 6.45) is -4.29. The largest absolute Gasteiger partial charge is 0.497 e. The number of hydrogen-bond donors (Lipinski definition) is 0. The highest BCUT2D eigenvalue weighted by Crippen LogP contribution is 2.28. The molecule has 0 saturated heterocycles. The Morgan fingerprint density at radius 3 is 2.59 bits per heavy atom. The van der Waals surface area contributed by atoms with Crippen LogP contribution in [0, 0.1) is 0 Å². The van der Waals surface area contributed by atoms with Crippen molar-refractivity contribution >= 4 is 11.0 Å². The molecule has 3 nitrogen and oxygen atoms in total. The average molecular weight is 244 g/mol. The Hall–Kier alpha value is -1.98. The molecule has 0 aliphatic rings.